The average Bonchev–Trinajstić information content (AvgIpc) is 3.54. The van der Waals surface area contributed by atoms with Gasteiger partial charge in [0.15, 0.2) is 16.7 Å². The number of hydrogen-bond acceptors (Lipinski definition) is 6. The highest BCUT2D eigenvalue weighted by Gasteiger charge is 2.47. The van der Waals surface area contributed by atoms with Crippen LogP contribution < -0.4 is 4.90 Å². The zero-order chi connectivity index (χ0) is 24.3. The first kappa shape index (κ1) is 21.2. The molecule has 1 unspecified atom stereocenters. The molecule has 0 spiro atoms. The van der Waals surface area contributed by atoms with Gasteiger partial charge in [0.25, 0.3) is 5.91 Å². The van der Waals surface area contributed by atoms with Crippen molar-refractivity contribution < 1.29 is 23.5 Å². The summed E-state index contributed by atoms with van der Waals surface area (Å²) < 4.78 is 19.9. The zero-order valence-electron chi connectivity index (χ0n) is 18.4. The van der Waals surface area contributed by atoms with E-state index in [-0.39, 0.29) is 16.5 Å². The maximum Gasteiger partial charge on any atom is 0.296 e. The zero-order valence-corrected chi connectivity index (χ0v) is 19.2. The van der Waals surface area contributed by atoms with Crippen molar-refractivity contribution in [2.45, 2.75) is 13.0 Å². The maximum absolute atomic E-state index is 13.8. The van der Waals surface area contributed by atoms with E-state index in [4.69, 9.17) is 4.42 Å². The van der Waals surface area contributed by atoms with E-state index in [0.29, 0.717) is 21.5 Å². The van der Waals surface area contributed by atoms with Gasteiger partial charge in [-0.15, -0.1) is 0 Å². The van der Waals surface area contributed by atoms with Gasteiger partial charge >= 0.3 is 0 Å². The summed E-state index contributed by atoms with van der Waals surface area (Å²) in [5.41, 5.74) is 1.07. The fourth-order valence-electron chi connectivity index (χ4n) is 4.50. The van der Waals surface area contributed by atoms with Gasteiger partial charge in [0.1, 0.15) is 11.6 Å². The van der Waals surface area contributed by atoms with Crippen molar-refractivity contribution in [3.8, 4) is 0 Å². The Hall–Kier alpha value is -4.30. The lowest BCUT2D eigenvalue weighted by Crippen LogP contribution is -2.31. The SMILES string of the molecule is Cc1ccc(C(=O)C2=C(O)C(=O)N(c3nc4ccc(F)cc4s3)C2c2cccc3ccccc23)o1. The summed E-state index contributed by atoms with van der Waals surface area (Å²) in [5.74, 6) is -1.87. The van der Waals surface area contributed by atoms with Crippen molar-refractivity contribution in [3.63, 3.8) is 0 Å². The van der Waals surface area contributed by atoms with Crippen LogP contribution in [-0.2, 0) is 4.79 Å². The van der Waals surface area contributed by atoms with Crippen molar-refractivity contribution in [1.82, 2.24) is 4.98 Å². The summed E-state index contributed by atoms with van der Waals surface area (Å²) in [7, 11) is 0. The third-order valence-corrected chi connectivity index (χ3v) is 7.10. The van der Waals surface area contributed by atoms with Crippen molar-refractivity contribution in [1.29, 1.82) is 0 Å². The number of thiazole rings is 1. The van der Waals surface area contributed by atoms with E-state index < -0.39 is 29.3 Å². The van der Waals surface area contributed by atoms with Crippen LogP contribution in [0.4, 0.5) is 9.52 Å². The molecule has 5 aromatic rings. The van der Waals surface area contributed by atoms with Crippen molar-refractivity contribution in [3.05, 3.63) is 107 Å². The van der Waals surface area contributed by atoms with Gasteiger partial charge in [-0.2, -0.15) is 0 Å². The van der Waals surface area contributed by atoms with E-state index >= 15 is 0 Å². The quantitative estimate of drug-likeness (QED) is 0.304. The summed E-state index contributed by atoms with van der Waals surface area (Å²) in [6, 6.07) is 19.6. The van der Waals surface area contributed by atoms with Gasteiger partial charge in [-0.25, -0.2) is 9.37 Å². The summed E-state index contributed by atoms with van der Waals surface area (Å²) in [4.78, 5) is 32.9. The molecule has 6 nitrogen and oxygen atoms in total. The lowest BCUT2D eigenvalue weighted by Gasteiger charge is -2.25. The molecular formula is C27H17FN2O4S. The number of nitrogens with zero attached hydrogens (tertiary/aromatic N) is 2. The van der Waals surface area contributed by atoms with E-state index in [0.717, 1.165) is 22.1 Å². The molecule has 1 aliphatic heterocycles. The Morgan fingerprint density at radius 3 is 2.69 bits per heavy atom. The maximum atomic E-state index is 13.8. The Labute approximate surface area is 202 Å². The average molecular weight is 485 g/mol. The van der Waals surface area contributed by atoms with E-state index in [1.807, 2.05) is 42.5 Å². The number of aryl methyl sites for hydroxylation is 1. The molecule has 3 heterocycles. The number of benzene rings is 3. The number of hydrogen-bond donors (Lipinski definition) is 1. The van der Waals surface area contributed by atoms with Crippen molar-refractivity contribution in [2.75, 3.05) is 4.90 Å². The van der Waals surface area contributed by atoms with Crippen molar-refractivity contribution >= 4 is 49.1 Å². The van der Waals surface area contributed by atoms with Crippen LogP contribution in [0.5, 0.6) is 0 Å². The fourth-order valence-corrected chi connectivity index (χ4v) is 5.51. The molecule has 3 aromatic carbocycles. The smallest absolute Gasteiger partial charge is 0.296 e. The van der Waals surface area contributed by atoms with Gasteiger partial charge in [-0.05, 0) is 53.6 Å². The number of carbonyl (C=O) groups excluding carboxylic acids is 2. The van der Waals surface area contributed by atoms with Gasteiger partial charge in [0.2, 0.25) is 5.78 Å². The second-order valence-electron chi connectivity index (χ2n) is 8.26. The third kappa shape index (κ3) is 3.33. The Kier molecular flexibility index (Phi) is 4.79. The number of fused-ring (bicyclic) bond motifs is 2. The normalized spacial score (nSPS) is 16.1. The predicted molar refractivity (Wildman–Crippen MR) is 131 cm³/mol. The van der Waals surface area contributed by atoms with Crippen LogP contribution in [0.25, 0.3) is 21.0 Å². The number of Topliss-reactive ketones (excluding diaryl/α,β-unsaturated/α-hetero) is 1. The minimum absolute atomic E-state index is 0.0234. The molecule has 0 saturated carbocycles. The van der Waals surface area contributed by atoms with Crippen LogP contribution in [0.3, 0.4) is 0 Å². The summed E-state index contributed by atoms with van der Waals surface area (Å²) >= 11 is 1.11. The van der Waals surface area contributed by atoms with E-state index in [9.17, 15) is 19.1 Å². The highest BCUT2D eigenvalue weighted by Crippen LogP contribution is 2.45. The van der Waals surface area contributed by atoms with Gasteiger partial charge in [0.05, 0.1) is 21.8 Å². The highest BCUT2D eigenvalue weighted by atomic mass is 32.1. The molecule has 0 saturated heterocycles. The first-order valence-corrected chi connectivity index (χ1v) is 11.7. The predicted octanol–water partition coefficient (Wildman–Crippen LogP) is 6.27. The molecule has 8 heteroatoms. The minimum Gasteiger partial charge on any atom is -0.503 e. The number of aromatic nitrogens is 1. The number of aliphatic hydroxyl groups excluding tert-OH is 1. The summed E-state index contributed by atoms with van der Waals surface area (Å²) in [6.07, 6.45) is 0. The number of rotatable bonds is 4. The second kappa shape index (κ2) is 7.89. The highest BCUT2D eigenvalue weighted by molar-refractivity contribution is 7.22. The first-order chi connectivity index (χ1) is 16.9. The van der Waals surface area contributed by atoms with E-state index in [2.05, 4.69) is 4.98 Å². The third-order valence-electron chi connectivity index (χ3n) is 6.08. The summed E-state index contributed by atoms with van der Waals surface area (Å²) in [5, 5.41) is 13.0. The molecule has 1 atom stereocenters. The number of anilines is 1. The van der Waals surface area contributed by atoms with Crippen molar-refractivity contribution in [2.24, 2.45) is 0 Å². The minimum atomic E-state index is -0.961. The topological polar surface area (TPSA) is 83.6 Å². The first-order valence-electron chi connectivity index (χ1n) is 10.8. The lowest BCUT2D eigenvalue weighted by molar-refractivity contribution is -0.117. The fraction of sp³-hybridized carbons (Fsp3) is 0.0741. The van der Waals surface area contributed by atoms with Gasteiger partial charge in [-0.3, -0.25) is 14.5 Å². The molecule has 1 N–H and O–H groups in total. The van der Waals surface area contributed by atoms with E-state index in [1.165, 1.54) is 29.2 Å². The number of aliphatic hydroxyl groups is 1. The largest absolute Gasteiger partial charge is 0.503 e. The molecule has 6 rings (SSSR count). The number of ketones is 1. The van der Waals surface area contributed by atoms with Crippen LogP contribution >= 0.6 is 11.3 Å². The van der Waals surface area contributed by atoms with Gasteiger partial charge in [-0.1, -0.05) is 53.8 Å². The number of halogens is 1. The monoisotopic (exact) mass is 484 g/mol. The number of carbonyl (C=O) groups is 2. The standard InChI is InChI=1S/C27H17FN2O4S/c1-14-9-12-20(34-14)24(31)22-23(18-8-4-6-15-5-2-3-7-17(15)18)30(26(33)25(22)32)27-29-19-11-10-16(28)13-21(19)35-27/h2-13,23,32H,1H3. The molecule has 172 valence electrons. The molecular weight excluding hydrogens is 467 g/mol. The van der Waals surface area contributed by atoms with Crippen LogP contribution in [0.2, 0.25) is 0 Å². The lowest BCUT2D eigenvalue weighted by atomic mass is 9.91. The Morgan fingerprint density at radius 2 is 1.89 bits per heavy atom. The Bertz CT molecular complexity index is 1690. The molecule has 1 aliphatic rings. The number of furan rings is 1. The Morgan fingerprint density at radius 1 is 1.09 bits per heavy atom. The molecule has 2 aromatic heterocycles. The molecule has 0 aliphatic carbocycles. The van der Waals surface area contributed by atoms with Gasteiger partial charge < -0.3 is 9.52 Å². The second-order valence-corrected chi connectivity index (χ2v) is 9.27. The molecule has 0 bridgehead atoms. The van der Waals surface area contributed by atoms with Crippen LogP contribution in [0, 0.1) is 12.7 Å². The molecule has 0 fully saturated rings. The Balaban J connectivity index is 1.59. The summed E-state index contributed by atoms with van der Waals surface area (Å²) in [6.45, 7) is 1.71. The van der Waals surface area contributed by atoms with Crippen LogP contribution in [0.1, 0.15) is 27.9 Å². The van der Waals surface area contributed by atoms with Gasteiger partial charge in [0, 0.05) is 0 Å². The molecule has 0 radical (unpaired) electrons. The molecule has 1 amide bonds. The van der Waals surface area contributed by atoms with Crippen LogP contribution in [-0.4, -0.2) is 21.8 Å². The number of amides is 1. The van der Waals surface area contributed by atoms with Crippen LogP contribution in [0.15, 0.2) is 88.5 Å². The molecule has 35 heavy (non-hydrogen) atoms. The van der Waals surface area contributed by atoms with E-state index in [1.54, 1.807) is 13.0 Å².